The first kappa shape index (κ1) is 9.22. The zero-order valence-electron chi connectivity index (χ0n) is 7.94. The first-order chi connectivity index (χ1) is 6.29. The van der Waals surface area contributed by atoms with E-state index < -0.39 is 0 Å². The Morgan fingerprint density at radius 1 is 1.54 bits per heavy atom. The molecule has 0 bridgehead atoms. The summed E-state index contributed by atoms with van der Waals surface area (Å²) >= 11 is 1.66. The van der Waals surface area contributed by atoms with Crippen molar-refractivity contribution in [3.8, 4) is 0 Å². The summed E-state index contributed by atoms with van der Waals surface area (Å²) in [5.41, 5.74) is 1.10. The number of rotatable bonds is 3. The summed E-state index contributed by atoms with van der Waals surface area (Å²) < 4.78 is 0. The van der Waals surface area contributed by atoms with Crippen LogP contribution >= 0.6 is 11.3 Å². The minimum absolute atomic E-state index is 0.239. The average Bonchev–Trinajstić information content (AvgIpc) is 2.51. The Balaban J connectivity index is 1.99. The van der Waals surface area contributed by atoms with Crippen molar-refractivity contribution in [2.75, 3.05) is 0 Å². The van der Waals surface area contributed by atoms with Crippen LogP contribution in [0.1, 0.15) is 37.9 Å². The van der Waals surface area contributed by atoms with Gasteiger partial charge in [-0.3, -0.25) is 0 Å². The standard InChI is InChI=1S/C11H16OS/c1-8(9-3-2-4-9)11(12)10-5-6-13-7-10/h5-9,11-12H,2-4H2,1H3. The van der Waals surface area contributed by atoms with Gasteiger partial charge in [0.25, 0.3) is 0 Å². The Morgan fingerprint density at radius 3 is 2.77 bits per heavy atom. The maximum atomic E-state index is 10.0. The summed E-state index contributed by atoms with van der Waals surface area (Å²) in [6.07, 6.45) is 3.73. The van der Waals surface area contributed by atoms with E-state index in [0.29, 0.717) is 5.92 Å². The van der Waals surface area contributed by atoms with Gasteiger partial charge in [0.15, 0.2) is 0 Å². The Kier molecular flexibility index (Phi) is 2.70. The van der Waals surface area contributed by atoms with Crippen LogP contribution < -0.4 is 0 Å². The van der Waals surface area contributed by atoms with Crippen molar-refractivity contribution in [2.45, 2.75) is 32.3 Å². The Hall–Kier alpha value is -0.340. The van der Waals surface area contributed by atoms with Gasteiger partial charge in [-0.25, -0.2) is 0 Å². The Labute approximate surface area is 83.4 Å². The first-order valence-electron chi connectivity index (χ1n) is 4.99. The van der Waals surface area contributed by atoms with Gasteiger partial charge in [-0.15, -0.1) is 0 Å². The molecule has 0 saturated heterocycles. The fraction of sp³-hybridized carbons (Fsp3) is 0.636. The molecule has 2 unspecified atom stereocenters. The number of hydrogen-bond donors (Lipinski definition) is 1. The van der Waals surface area contributed by atoms with Crippen molar-refractivity contribution < 1.29 is 5.11 Å². The molecule has 1 aliphatic rings. The minimum atomic E-state index is -0.239. The molecule has 2 rings (SSSR count). The molecule has 0 radical (unpaired) electrons. The van der Waals surface area contributed by atoms with E-state index in [0.717, 1.165) is 11.5 Å². The maximum absolute atomic E-state index is 10.0. The predicted octanol–water partition coefficient (Wildman–Crippen LogP) is 3.22. The van der Waals surface area contributed by atoms with Crippen LogP contribution in [0.3, 0.4) is 0 Å². The lowest BCUT2D eigenvalue weighted by Crippen LogP contribution is -2.24. The first-order valence-corrected chi connectivity index (χ1v) is 5.93. The Morgan fingerprint density at radius 2 is 2.31 bits per heavy atom. The quantitative estimate of drug-likeness (QED) is 0.787. The predicted molar refractivity (Wildman–Crippen MR) is 55.8 cm³/mol. The summed E-state index contributed by atoms with van der Waals surface area (Å²) in [4.78, 5) is 0. The molecule has 2 atom stereocenters. The van der Waals surface area contributed by atoms with E-state index in [-0.39, 0.29) is 6.10 Å². The number of aliphatic hydroxyl groups is 1. The molecule has 72 valence electrons. The van der Waals surface area contributed by atoms with E-state index in [9.17, 15) is 5.11 Å². The van der Waals surface area contributed by atoms with Crippen LogP contribution in [0.25, 0.3) is 0 Å². The van der Waals surface area contributed by atoms with Gasteiger partial charge >= 0.3 is 0 Å². The summed E-state index contributed by atoms with van der Waals surface area (Å²) in [7, 11) is 0. The SMILES string of the molecule is CC(C1CCC1)C(O)c1ccsc1. The van der Waals surface area contributed by atoms with Crippen LogP contribution in [0.5, 0.6) is 0 Å². The lowest BCUT2D eigenvalue weighted by atomic mass is 9.73. The number of aliphatic hydroxyl groups excluding tert-OH is 1. The summed E-state index contributed by atoms with van der Waals surface area (Å²) in [5, 5.41) is 14.1. The molecule has 1 N–H and O–H groups in total. The largest absolute Gasteiger partial charge is 0.388 e. The second-order valence-electron chi connectivity index (χ2n) is 4.05. The molecular formula is C11H16OS. The zero-order chi connectivity index (χ0) is 9.26. The summed E-state index contributed by atoms with van der Waals surface area (Å²) in [6, 6.07) is 2.03. The smallest absolute Gasteiger partial charge is 0.0826 e. The van der Waals surface area contributed by atoms with E-state index >= 15 is 0 Å². The van der Waals surface area contributed by atoms with E-state index in [1.54, 1.807) is 11.3 Å². The Bertz CT molecular complexity index is 251. The van der Waals surface area contributed by atoms with Crippen LogP contribution in [0.15, 0.2) is 16.8 Å². The highest BCUT2D eigenvalue weighted by Gasteiger charge is 2.29. The molecule has 13 heavy (non-hydrogen) atoms. The molecule has 0 aromatic carbocycles. The van der Waals surface area contributed by atoms with Crippen LogP contribution in [0.2, 0.25) is 0 Å². The molecule has 1 saturated carbocycles. The van der Waals surface area contributed by atoms with Gasteiger partial charge in [0.1, 0.15) is 0 Å². The second-order valence-corrected chi connectivity index (χ2v) is 4.83. The normalized spacial score (nSPS) is 22.3. The van der Waals surface area contributed by atoms with Crippen molar-refractivity contribution in [3.63, 3.8) is 0 Å². The van der Waals surface area contributed by atoms with Gasteiger partial charge in [-0.05, 0) is 34.2 Å². The second kappa shape index (κ2) is 3.81. The molecule has 1 heterocycles. The van der Waals surface area contributed by atoms with Crippen molar-refractivity contribution in [1.82, 2.24) is 0 Å². The van der Waals surface area contributed by atoms with Gasteiger partial charge in [0.05, 0.1) is 6.10 Å². The molecular weight excluding hydrogens is 180 g/mol. The molecule has 2 heteroatoms. The topological polar surface area (TPSA) is 20.2 Å². The van der Waals surface area contributed by atoms with Gasteiger partial charge in [0, 0.05) is 0 Å². The molecule has 1 fully saturated rings. The van der Waals surface area contributed by atoms with Crippen molar-refractivity contribution in [3.05, 3.63) is 22.4 Å². The highest BCUT2D eigenvalue weighted by molar-refractivity contribution is 7.07. The van der Waals surface area contributed by atoms with Crippen molar-refractivity contribution in [2.24, 2.45) is 11.8 Å². The van der Waals surface area contributed by atoms with Gasteiger partial charge in [-0.2, -0.15) is 11.3 Å². The summed E-state index contributed by atoms with van der Waals surface area (Å²) in [6.45, 7) is 2.17. The lowest BCUT2D eigenvalue weighted by molar-refractivity contribution is 0.0537. The molecule has 0 spiro atoms. The molecule has 1 aromatic rings. The molecule has 0 amide bonds. The van der Waals surface area contributed by atoms with Crippen LogP contribution in [-0.2, 0) is 0 Å². The fourth-order valence-electron chi connectivity index (χ4n) is 1.97. The van der Waals surface area contributed by atoms with E-state index in [4.69, 9.17) is 0 Å². The highest BCUT2D eigenvalue weighted by Crippen LogP contribution is 2.39. The van der Waals surface area contributed by atoms with E-state index in [1.807, 2.05) is 11.4 Å². The molecule has 1 aromatic heterocycles. The maximum Gasteiger partial charge on any atom is 0.0826 e. The minimum Gasteiger partial charge on any atom is -0.388 e. The zero-order valence-corrected chi connectivity index (χ0v) is 8.76. The fourth-order valence-corrected chi connectivity index (χ4v) is 2.66. The van der Waals surface area contributed by atoms with Crippen LogP contribution in [-0.4, -0.2) is 5.11 Å². The highest BCUT2D eigenvalue weighted by atomic mass is 32.1. The average molecular weight is 196 g/mol. The van der Waals surface area contributed by atoms with Gasteiger partial charge in [-0.1, -0.05) is 26.2 Å². The van der Waals surface area contributed by atoms with Crippen molar-refractivity contribution >= 4 is 11.3 Å². The third-order valence-electron chi connectivity index (χ3n) is 3.28. The third kappa shape index (κ3) is 1.79. The van der Waals surface area contributed by atoms with Crippen LogP contribution in [0, 0.1) is 11.8 Å². The lowest BCUT2D eigenvalue weighted by Gasteiger charge is -2.34. The van der Waals surface area contributed by atoms with Gasteiger partial charge < -0.3 is 5.11 Å². The van der Waals surface area contributed by atoms with E-state index in [1.165, 1.54) is 19.3 Å². The van der Waals surface area contributed by atoms with Gasteiger partial charge in [0.2, 0.25) is 0 Å². The molecule has 0 aliphatic heterocycles. The molecule has 1 aliphatic carbocycles. The van der Waals surface area contributed by atoms with E-state index in [2.05, 4.69) is 12.3 Å². The number of thiophene rings is 1. The van der Waals surface area contributed by atoms with Crippen molar-refractivity contribution in [1.29, 1.82) is 0 Å². The third-order valence-corrected chi connectivity index (χ3v) is 3.98. The monoisotopic (exact) mass is 196 g/mol. The number of hydrogen-bond acceptors (Lipinski definition) is 2. The molecule has 1 nitrogen and oxygen atoms in total. The summed E-state index contributed by atoms with van der Waals surface area (Å²) in [5.74, 6) is 1.19. The van der Waals surface area contributed by atoms with Crippen LogP contribution in [0.4, 0.5) is 0 Å².